The second-order valence-electron chi connectivity index (χ2n) is 2.15. The Bertz CT molecular complexity index is 283. The predicted molar refractivity (Wildman–Crippen MR) is 41.5 cm³/mol. The number of pyridine rings is 1. The molecule has 0 radical (unpaired) electrons. The van der Waals surface area contributed by atoms with Gasteiger partial charge in [0.15, 0.2) is 5.84 Å². The Balaban J connectivity index is 3.14. The van der Waals surface area contributed by atoms with Crippen molar-refractivity contribution in [3.63, 3.8) is 0 Å². The molecule has 0 aliphatic rings. The normalized spacial score (nSPS) is 11.5. The van der Waals surface area contributed by atoms with Gasteiger partial charge in [0.05, 0.1) is 0 Å². The third kappa shape index (κ3) is 1.46. The number of amidine groups is 1. The monoisotopic (exact) mass is 151 g/mol. The van der Waals surface area contributed by atoms with E-state index in [4.69, 9.17) is 10.9 Å². The van der Waals surface area contributed by atoms with E-state index in [1.165, 1.54) is 0 Å². The van der Waals surface area contributed by atoms with E-state index in [2.05, 4.69) is 10.1 Å². The fraction of sp³-hybridized carbons (Fsp3) is 0.143. The molecule has 4 nitrogen and oxygen atoms in total. The summed E-state index contributed by atoms with van der Waals surface area (Å²) in [5, 5.41) is 11.2. The number of oxime groups is 1. The van der Waals surface area contributed by atoms with E-state index in [9.17, 15) is 0 Å². The number of nitrogens with two attached hydrogens (primary N) is 1. The average molecular weight is 151 g/mol. The summed E-state index contributed by atoms with van der Waals surface area (Å²) >= 11 is 0. The highest BCUT2D eigenvalue weighted by atomic mass is 16.4. The molecule has 1 aromatic heterocycles. The zero-order valence-corrected chi connectivity index (χ0v) is 6.15. The molecule has 1 aromatic rings. The Morgan fingerprint density at radius 3 is 3.00 bits per heavy atom. The van der Waals surface area contributed by atoms with Crippen molar-refractivity contribution in [3.8, 4) is 0 Å². The lowest BCUT2D eigenvalue weighted by Gasteiger charge is -1.99. The molecule has 0 spiro atoms. The minimum atomic E-state index is 0.0445. The third-order valence-corrected chi connectivity index (χ3v) is 1.36. The van der Waals surface area contributed by atoms with Crippen LogP contribution in [0.1, 0.15) is 11.3 Å². The molecule has 0 fully saturated rings. The molecule has 0 atom stereocenters. The van der Waals surface area contributed by atoms with Gasteiger partial charge in [-0.3, -0.25) is 4.98 Å². The van der Waals surface area contributed by atoms with Crippen LogP contribution in [0.3, 0.4) is 0 Å². The van der Waals surface area contributed by atoms with Crippen LogP contribution in [-0.2, 0) is 0 Å². The third-order valence-electron chi connectivity index (χ3n) is 1.36. The maximum absolute atomic E-state index is 8.34. The lowest BCUT2D eigenvalue weighted by molar-refractivity contribution is 0.318. The van der Waals surface area contributed by atoms with E-state index in [1.807, 2.05) is 13.0 Å². The summed E-state index contributed by atoms with van der Waals surface area (Å²) in [4.78, 5) is 3.93. The molecule has 1 heterocycles. The number of rotatable bonds is 1. The van der Waals surface area contributed by atoms with Crippen LogP contribution in [0.15, 0.2) is 23.5 Å². The molecule has 4 heteroatoms. The van der Waals surface area contributed by atoms with E-state index in [1.54, 1.807) is 12.3 Å². The Kier molecular flexibility index (Phi) is 2.06. The van der Waals surface area contributed by atoms with Crippen molar-refractivity contribution in [2.45, 2.75) is 6.92 Å². The van der Waals surface area contributed by atoms with Gasteiger partial charge in [-0.1, -0.05) is 11.2 Å². The fourth-order valence-electron chi connectivity index (χ4n) is 0.801. The summed E-state index contributed by atoms with van der Waals surface area (Å²) in [5.74, 6) is 0.0445. The van der Waals surface area contributed by atoms with Crippen molar-refractivity contribution in [2.24, 2.45) is 10.9 Å². The van der Waals surface area contributed by atoms with Gasteiger partial charge in [0, 0.05) is 6.20 Å². The predicted octanol–water partition coefficient (Wildman–Crippen LogP) is 0.485. The first kappa shape index (κ1) is 7.53. The number of hydrogen-bond donors (Lipinski definition) is 2. The first-order chi connectivity index (χ1) is 5.25. The molecule has 1 rings (SSSR count). The zero-order valence-electron chi connectivity index (χ0n) is 6.15. The number of nitrogens with zero attached hydrogens (tertiary/aromatic N) is 2. The Morgan fingerprint density at radius 2 is 2.45 bits per heavy atom. The summed E-state index contributed by atoms with van der Waals surface area (Å²) in [7, 11) is 0. The highest BCUT2D eigenvalue weighted by Gasteiger charge is 2.02. The topological polar surface area (TPSA) is 71.5 Å². The first-order valence-corrected chi connectivity index (χ1v) is 3.15. The Labute approximate surface area is 64.4 Å². The maximum atomic E-state index is 8.34. The lowest BCUT2D eigenvalue weighted by atomic mass is 10.2. The molecular weight excluding hydrogens is 142 g/mol. The van der Waals surface area contributed by atoms with Crippen LogP contribution in [0.25, 0.3) is 0 Å². The summed E-state index contributed by atoms with van der Waals surface area (Å²) in [6.07, 6.45) is 1.60. The first-order valence-electron chi connectivity index (χ1n) is 3.15. The van der Waals surface area contributed by atoms with Crippen molar-refractivity contribution >= 4 is 5.84 Å². The highest BCUT2D eigenvalue weighted by Crippen LogP contribution is 2.01. The molecule has 58 valence electrons. The highest BCUT2D eigenvalue weighted by molar-refractivity contribution is 5.96. The van der Waals surface area contributed by atoms with Crippen molar-refractivity contribution in [2.75, 3.05) is 0 Å². The smallest absolute Gasteiger partial charge is 0.189 e. The summed E-state index contributed by atoms with van der Waals surface area (Å²) in [6, 6.07) is 3.64. The van der Waals surface area contributed by atoms with E-state index >= 15 is 0 Å². The molecular formula is C7H9N3O. The van der Waals surface area contributed by atoms with Crippen molar-refractivity contribution in [3.05, 3.63) is 29.6 Å². The van der Waals surface area contributed by atoms with Crippen LogP contribution in [0.2, 0.25) is 0 Å². The van der Waals surface area contributed by atoms with Crippen LogP contribution < -0.4 is 5.73 Å². The lowest BCUT2D eigenvalue weighted by Crippen LogP contribution is -2.16. The van der Waals surface area contributed by atoms with E-state index < -0.39 is 0 Å². The molecule has 0 saturated heterocycles. The SMILES string of the molecule is Cc1cccnc1/C(N)=N/O. The summed E-state index contributed by atoms with van der Waals surface area (Å²) in [6.45, 7) is 1.85. The molecule has 0 amide bonds. The van der Waals surface area contributed by atoms with Crippen LogP contribution in [-0.4, -0.2) is 16.0 Å². The second kappa shape index (κ2) is 3.01. The van der Waals surface area contributed by atoms with Crippen LogP contribution in [0.5, 0.6) is 0 Å². The van der Waals surface area contributed by atoms with Gasteiger partial charge < -0.3 is 10.9 Å². The van der Waals surface area contributed by atoms with Crippen molar-refractivity contribution in [1.29, 1.82) is 0 Å². The van der Waals surface area contributed by atoms with E-state index in [0.29, 0.717) is 5.69 Å². The van der Waals surface area contributed by atoms with Crippen molar-refractivity contribution in [1.82, 2.24) is 4.98 Å². The minimum absolute atomic E-state index is 0.0445. The number of aromatic nitrogens is 1. The molecule has 3 N–H and O–H groups in total. The second-order valence-corrected chi connectivity index (χ2v) is 2.15. The number of aryl methyl sites for hydroxylation is 1. The van der Waals surface area contributed by atoms with Crippen LogP contribution in [0.4, 0.5) is 0 Å². The summed E-state index contributed by atoms with van der Waals surface area (Å²) < 4.78 is 0. The van der Waals surface area contributed by atoms with Crippen molar-refractivity contribution < 1.29 is 5.21 Å². The average Bonchev–Trinajstić information content (AvgIpc) is 2.04. The molecule has 0 aliphatic carbocycles. The van der Waals surface area contributed by atoms with Gasteiger partial charge in [-0.15, -0.1) is 0 Å². The quantitative estimate of drug-likeness (QED) is 0.265. The van der Waals surface area contributed by atoms with Gasteiger partial charge in [0.25, 0.3) is 0 Å². The van der Waals surface area contributed by atoms with E-state index in [-0.39, 0.29) is 5.84 Å². The molecule has 11 heavy (non-hydrogen) atoms. The van der Waals surface area contributed by atoms with Gasteiger partial charge in [-0.05, 0) is 18.6 Å². The minimum Gasteiger partial charge on any atom is -0.409 e. The molecule has 0 bridgehead atoms. The van der Waals surface area contributed by atoms with E-state index in [0.717, 1.165) is 5.56 Å². The Hall–Kier alpha value is -1.58. The van der Waals surface area contributed by atoms with Gasteiger partial charge in [-0.2, -0.15) is 0 Å². The largest absolute Gasteiger partial charge is 0.409 e. The van der Waals surface area contributed by atoms with Crippen LogP contribution in [0, 0.1) is 6.92 Å². The van der Waals surface area contributed by atoms with Gasteiger partial charge >= 0.3 is 0 Å². The van der Waals surface area contributed by atoms with Gasteiger partial charge in [0.2, 0.25) is 0 Å². The molecule has 0 aromatic carbocycles. The van der Waals surface area contributed by atoms with Gasteiger partial charge in [0.1, 0.15) is 5.69 Å². The van der Waals surface area contributed by atoms with Crippen LogP contribution >= 0.6 is 0 Å². The molecule has 0 aliphatic heterocycles. The molecule has 0 saturated carbocycles. The fourth-order valence-corrected chi connectivity index (χ4v) is 0.801. The van der Waals surface area contributed by atoms with Gasteiger partial charge in [-0.25, -0.2) is 0 Å². The maximum Gasteiger partial charge on any atom is 0.189 e. The number of hydrogen-bond acceptors (Lipinski definition) is 3. The Morgan fingerprint density at radius 1 is 1.73 bits per heavy atom. The zero-order chi connectivity index (χ0) is 8.27. The summed E-state index contributed by atoms with van der Waals surface area (Å²) in [5.41, 5.74) is 6.75. The molecule has 0 unspecified atom stereocenters. The standard InChI is InChI=1S/C7H9N3O/c1-5-3-2-4-9-6(5)7(8)10-11/h2-4,11H,1H3,(H2,8,10).